The molecule has 152 valence electrons. The minimum absolute atomic E-state index is 0.0319. The predicted molar refractivity (Wildman–Crippen MR) is 98.9 cm³/mol. The molecular weight excluding hydrogens is 401 g/mol. The molecule has 7 nitrogen and oxygen atoms in total. The van der Waals surface area contributed by atoms with E-state index in [1.54, 1.807) is 0 Å². The van der Waals surface area contributed by atoms with Crippen molar-refractivity contribution in [3.8, 4) is 5.75 Å². The Kier molecular flexibility index (Phi) is 4.17. The lowest BCUT2D eigenvalue weighted by atomic mass is 9.34. The van der Waals surface area contributed by atoms with E-state index in [9.17, 15) is 14.0 Å². The van der Waals surface area contributed by atoms with Crippen molar-refractivity contribution in [3.63, 3.8) is 0 Å². The van der Waals surface area contributed by atoms with Gasteiger partial charge in [0.1, 0.15) is 11.6 Å². The number of nitrogens with one attached hydrogen (secondary N) is 1. The maximum absolute atomic E-state index is 13.4. The van der Waals surface area contributed by atoms with Crippen LogP contribution in [0.4, 0.5) is 4.39 Å². The summed E-state index contributed by atoms with van der Waals surface area (Å²) in [6, 6.07) is 3.88. The van der Waals surface area contributed by atoms with Gasteiger partial charge in [-0.3, -0.25) is 14.9 Å². The van der Waals surface area contributed by atoms with Crippen LogP contribution in [-0.4, -0.2) is 28.6 Å². The average Bonchev–Trinajstić information content (AvgIpc) is 3.01. The first-order valence-corrected chi connectivity index (χ1v) is 10.0. The van der Waals surface area contributed by atoms with Crippen LogP contribution in [0.3, 0.4) is 0 Å². The summed E-state index contributed by atoms with van der Waals surface area (Å²) in [5.41, 5.74) is -0.764. The predicted octanol–water partition coefficient (Wildman–Crippen LogP) is 3.27. The Labute approximate surface area is 171 Å². The molecule has 0 radical (unpaired) electrons. The minimum Gasteiger partial charge on any atom is -0.484 e. The molecule has 9 heteroatoms. The highest BCUT2D eigenvalue weighted by Crippen LogP contribution is 2.73. The number of rotatable bonds is 6. The van der Waals surface area contributed by atoms with Gasteiger partial charge in [-0.1, -0.05) is 18.0 Å². The van der Waals surface area contributed by atoms with Crippen LogP contribution in [0, 0.1) is 11.2 Å². The summed E-state index contributed by atoms with van der Waals surface area (Å²) in [7, 11) is 0. The fraction of sp³-hybridized carbons (Fsp3) is 0.500. The summed E-state index contributed by atoms with van der Waals surface area (Å²) in [5, 5.41) is 10.7. The van der Waals surface area contributed by atoms with E-state index in [0.29, 0.717) is 37.0 Å². The van der Waals surface area contributed by atoms with E-state index >= 15 is 0 Å². The van der Waals surface area contributed by atoms with Crippen LogP contribution in [0.15, 0.2) is 22.6 Å². The summed E-state index contributed by atoms with van der Waals surface area (Å²) in [6.45, 7) is -0.386. The van der Waals surface area contributed by atoms with E-state index in [4.69, 9.17) is 20.8 Å². The van der Waals surface area contributed by atoms with Gasteiger partial charge in [0.15, 0.2) is 6.61 Å². The minimum atomic E-state index is -0.638. The molecule has 1 N–H and O–H groups in total. The third-order valence-electron chi connectivity index (χ3n) is 6.37. The van der Waals surface area contributed by atoms with Crippen LogP contribution in [0.2, 0.25) is 5.02 Å². The first kappa shape index (κ1) is 18.5. The van der Waals surface area contributed by atoms with Crippen LogP contribution < -0.4 is 10.1 Å². The number of carbonyl (C=O) groups excluding carboxylic acids is 2. The molecule has 29 heavy (non-hydrogen) atoms. The van der Waals surface area contributed by atoms with Crippen LogP contribution in [0.25, 0.3) is 0 Å². The number of carbonyl (C=O) groups is 2. The monoisotopic (exact) mass is 419 g/mol. The highest BCUT2D eigenvalue weighted by Gasteiger charge is 2.74. The zero-order valence-electron chi connectivity index (χ0n) is 15.5. The lowest BCUT2D eigenvalue weighted by Gasteiger charge is -2.67. The Balaban J connectivity index is 1.12. The maximum Gasteiger partial charge on any atom is 0.264 e. The zero-order valence-corrected chi connectivity index (χ0v) is 16.3. The van der Waals surface area contributed by atoms with Crippen molar-refractivity contribution in [2.75, 3.05) is 6.61 Å². The molecule has 2 amide bonds. The molecule has 1 aromatic heterocycles. The van der Waals surface area contributed by atoms with Gasteiger partial charge in [-0.2, -0.15) is 0 Å². The molecule has 0 atom stereocenters. The fourth-order valence-electron chi connectivity index (χ4n) is 4.54. The number of hydrogen-bond donors (Lipinski definition) is 1. The quantitative estimate of drug-likeness (QED) is 0.772. The van der Waals surface area contributed by atoms with Crippen LogP contribution in [-0.2, 0) is 15.0 Å². The molecule has 4 aliphatic rings. The first-order valence-electron chi connectivity index (χ1n) is 9.65. The largest absolute Gasteiger partial charge is 0.484 e. The molecule has 0 spiro atoms. The second kappa shape index (κ2) is 6.52. The number of hydrogen-bond acceptors (Lipinski definition) is 6. The molecule has 1 heterocycles. The van der Waals surface area contributed by atoms with E-state index in [-0.39, 0.29) is 28.7 Å². The Hall–Kier alpha value is -2.48. The number of halogens is 2. The lowest BCUT2D eigenvalue weighted by Crippen LogP contribution is -2.70. The van der Waals surface area contributed by atoms with Crippen molar-refractivity contribution in [2.24, 2.45) is 5.41 Å². The van der Waals surface area contributed by atoms with Crippen molar-refractivity contribution in [2.45, 2.75) is 49.9 Å². The summed E-state index contributed by atoms with van der Waals surface area (Å²) in [6.07, 6.45) is 5.20. The van der Waals surface area contributed by atoms with Crippen LogP contribution >= 0.6 is 11.6 Å². The third-order valence-corrected chi connectivity index (χ3v) is 6.68. The molecule has 2 aromatic rings. The summed E-state index contributed by atoms with van der Waals surface area (Å²) in [4.78, 5) is 24.5. The number of nitrogens with zero attached hydrogens (tertiary/aromatic N) is 2. The van der Waals surface area contributed by atoms with Gasteiger partial charge in [-0.25, -0.2) is 4.39 Å². The molecule has 4 saturated carbocycles. The normalized spacial score (nSPS) is 27.4. The number of ether oxygens (including phenoxy) is 1. The number of benzene rings is 1. The van der Waals surface area contributed by atoms with Gasteiger partial charge in [0, 0.05) is 12.0 Å². The molecule has 2 bridgehead atoms. The number of amides is 2. The molecule has 0 aliphatic heterocycles. The molecule has 6 rings (SSSR count). The van der Waals surface area contributed by atoms with E-state index in [0.717, 1.165) is 18.9 Å². The SMILES string of the molecule is O=C(COc1ccc(Cl)c(F)c1)NC(=O)C12CC(c3nnc(C4CCC4)o3)(C1)C2. The summed E-state index contributed by atoms with van der Waals surface area (Å²) >= 11 is 5.60. The van der Waals surface area contributed by atoms with E-state index in [1.807, 2.05) is 0 Å². The molecule has 0 unspecified atom stereocenters. The standard InChI is InChI=1S/C20H19ClFN3O4/c21-13-5-4-12(6-14(13)22)28-7-15(26)23-17(27)19-8-20(9-19,10-19)18-25-24-16(29-18)11-2-1-3-11/h4-6,11H,1-3,7-10H2,(H,23,26,27). The first-order chi connectivity index (χ1) is 13.9. The van der Waals surface area contributed by atoms with Crippen LogP contribution in [0.1, 0.15) is 56.2 Å². The second-order valence-electron chi connectivity index (χ2n) is 8.41. The van der Waals surface area contributed by atoms with Crippen molar-refractivity contribution in [1.29, 1.82) is 0 Å². The molecule has 4 aliphatic carbocycles. The van der Waals surface area contributed by atoms with Crippen LogP contribution in [0.5, 0.6) is 5.75 Å². The Bertz CT molecular complexity index is 984. The van der Waals surface area contributed by atoms with Gasteiger partial charge in [0.05, 0.1) is 15.9 Å². The van der Waals surface area contributed by atoms with E-state index in [2.05, 4.69) is 15.5 Å². The Morgan fingerprint density at radius 2 is 2.03 bits per heavy atom. The van der Waals surface area contributed by atoms with Crippen molar-refractivity contribution in [1.82, 2.24) is 15.5 Å². The second-order valence-corrected chi connectivity index (χ2v) is 8.81. The molecular formula is C20H19ClFN3O4. The van der Waals surface area contributed by atoms with Gasteiger partial charge < -0.3 is 9.15 Å². The molecule has 0 saturated heterocycles. The molecule has 1 aromatic carbocycles. The van der Waals surface area contributed by atoms with Gasteiger partial charge in [-0.15, -0.1) is 10.2 Å². The highest BCUT2D eigenvalue weighted by atomic mass is 35.5. The van der Waals surface area contributed by atoms with Gasteiger partial charge in [-0.05, 0) is 44.2 Å². The van der Waals surface area contributed by atoms with Gasteiger partial charge in [0.25, 0.3) is 5.91 Å². The van der Waals surface area contributed by atoms with E-state index < -0.39 is 17.1 Å². The Morgan fingerprint density at radius 1 is 1.28 bits per heavy atom. The smallest absolute Gasteiger partial charge is 0.264 e. The lowest BCUT2D eigenvalue weighted by molar-refractivity contribution is -0.182. The van der Waals surface area contributed by atoms with Crippen molar-refractivity contribution >= 4 is 23.4 Å². The van der Waals surface area contributed by atoms with Gasteiger partial charge >= 0.3 is 0 Å². The third kappa shape index (κ3) is 3.01. The zero-order chi connectivity index (χ0) is 20.2. The topological polar surface area (TPSA) is 94.3 Å². The maximum atomic E-state index is 13.4. The van der Waals surface area contributed by atoms with Crippen molar-refractivity contribution in [3.05, 3.63) is 40.8 Å². The molecule has 4 fully saturated rings. The fourth-order valence-corrected chi connectivity index (χ4v) is 4.65. The average molecular weight is 420 g/mol. The van der Waals surface area contributed by atoms with E-state index in [1.165, 1.54) is 18.6 Å². The van der Waals surface area contributed by atoms with Crippen molar-refractivity contribution < 1.29 is 23.1 Å². The number of imide groups is 1. The summed E-state index contributed by atoms with van der Waals surface area (Å²) < 4.78 is 24.5. The highest BCUT2D eigenvalue weighted by molar-refractivity contribution is 6.30. The summed E-state index contributed by atoms with van der Waals surface area (Å²) in [5.74, 6) is 0.351. The number of aromatic nitrogens is 2. The Morgan fingerprint density at radius 3 is 2.69 bits per heavy atom. The van der Waals surface area contributed by atoms with Gasteiger partial charge in [0.2, 0.25) is 17.7 Å².